The molecule has 0 spiro atoms. The van der Waals surface area contributed by atoms with Crippen LogP contribution in [0.5, 0.6) is 0 Å². The van der Waals surface area contributed by atoms with Crippen molar-refractivity contribution in [3.63, 3.8) is 0 Å². The normalized spacial score (nSPS) is 15.0. The third-order valence-corrected chi connectivity index (χ3v) is 7.40. The van der Waals surface area contributed by atoms with Gasteiger partial charge in [-0.3, -0.25) is 19.3 Å². The Kier molecular flexibility index (Phi) is 6.15. The number of benzene rings is 3. The Balaban J connectivity index is 1.38. The minimum Gasteiger partial charge on any atom is -0.456 e. The first-order valence-electron chi connectivity index (χ1n) is 11.4. The standard InChI is InChI=1S/C27H23N3O5S/c1-2-30-21-14-8-6-12-19(21)25(26(30)18-10-4-3-5-11-18)22(31)17-35-24(32)16-28-27-20-13-7-9-15-23(20)36(33,34)29-27/h3-15H,2,16-17H2,1H3,(H,28,29). The Labute approximate surface area is 208 Å². The summed E-state index contributed by atoms with van der Waals surface area (Å²) in [5, 5.41) is 0.788. The predicted octanol–water partition coefficient (Wildman–Crippen LogP) is 3.79. The lowest BCUT2D eigenvalue weighted by atomic mass is 10.0. The van der Waals surface area contributed by atoms with Gasteiger partial charge in [-0.2, -0.15) is 0 Å². The lowest BCUT2D eigenvalue weighted by Crippen LogP contribution is -2.24. The molecule has 0 fully saturated rings. The predicted molar refractivity (Wildman–Crippen MR) is 137 cm³/mol. The van der Waals surface area contributed by atoms with Crippen LogP contribution in [-0.2, 0) is 26.1 Å². The quantitative estimate of drug-likeness (QED) is 0.306. The molecule has 1 aliphatic heterocycles. The minimum absolute atomic E-state index is 0.0752. The zero-order chi connectivity index (χ0) is 25.3. The number of nitrogens with one attached hydrogen (secondary N) is 1. The highest BCUT2D eigenvalue weighted by Gasteiger charge is 2.30. The van der Waals surface area contributed by atoms with Crippen molar-refractivity contribution in [3.8, 4) is 11.3 Å². The fourth-order valence-electron chi connectivity index (χ4n) is 4.47. The number of fused-ring (bicyclic) bond motifs is 2. The smallest absolute Gasteiger partial charge is 0.328 e. The van der Waals surface area contributed by atoms with Gasteiger partial charge in [0.25, 0.3) is 10.0 Å². The van der Waals surface area contributed by atoms with E-state index < -0.39 is 29.1 Å². The molecule has 0 radical (unpaired) electrons. The van der Waals surface area contributed by atoms with Gasteiger partial charge in [0, 0.05) is 23.0 Å². The molecule has 1 aromatic heterocycles. The van der Waals surface area contributed by atoms with Crippen molar-refractivity contribution in [2.75, 3.05) is 13.2 Å². The highest BCUT2D eigenvalue weighted by Crippen LogP contribution is 2.34. The van der Waals surface area contributed by atoms with Gasteiger partial charge in [0.05, 0.1) is 16.2 Å². The van der Waals surface area contributed by atoms with Crippen LogP contribution in [0.15, 0.2) is 88.8 Å². The second-order valence-corrected chi connectivity index (χ2v) is 9.85. The molecule has 0 aliphatic carbocycles. The first-order chi connectivity index (χ1) is 17.4. The van der Waals surface area contributed by atoms with Gasteiger partial charge in [0.2, 0.25) is 5.78 Å². The fraction of sp³-hybridized carbons (Fsp3) is 0.148. The molecule has 1 aliphatic rings. The number of nitrogens with zero attached hydrogens (tertiary/aromatic N) is 2. The van der Waals surface area contributed by atoms with E-state index in [4.69, 9.17) is 4.74 Å². The van der Waals surface area contributed by atoms with E-state index in [1.54, 1.807) is 18.2 Å². The van der Waals surface area contributed by atoms with Gasteiger partial charge in [-0.25, -0.2) is 8.42 Å². The molecule has 3 aromatic carbocycles. The number of sulfonamides is 1. The Bertz CT molecular complexity index is 1620. The largest absolute Gasteiger partial charge is 0.456 e. The van der Waals surface area contributed by atoms with E-state index >= 15 is 0 Å². The number of carbonyl (C=O) groups is 2. The van der Waals surface area contributed by atoms with E-state index in [0.717, 1.165) is 22.2 Å². The summed E-state index contributed by atoms with van der Waals surface area (Å²) in [5.41, 5.74) is 3.48. The molecule has 0 bridgehead atoms. The van der Waals surface area contributed by atoms with Gasteiger partial charge in [-0.1, -0.05) is 60.7 Å². The Morgan fingerprint density at radius 2 is 1.64 bits per heavy atom. The molecular formula is C27H23N3O5S. The van der Waals surface area contributed by atoms with Crippen LogP contribution in [0.1, 0.15) is 22.8 Å². The van der Waals surface area contributed by atoms with E-state index in [9.17, 15) is 18.0 Å². The molecule has 8 nitrogen and oxygen atoms in total. The average Bonchev–Trinajstić information content (AvgIpc) is 3.37. The summed E-state index contributed by atoms with van der Waals surface area (Å²) in [5.74, 6) is -0.989. The Morgan fingerprint density at radius 1 is 0.944 bits per heavy atom. The maximum Gasteiger partial charge on any atom is 0.328 e. The number of carbonyl (C=O) groups excluding carboxylic acids is 2. The summed E-state index contributed by atoms with van der Waals surface area (Å²) in [6.45, 7) is 1.79. The van der Waals surface area contributed by atoms with Gasteiger partial charge in [0.15, 0.2) is 6.61 Å². The van der Waals surface area contributed by atoms with Gasteiger partial charge >= 0.3 is 5.97 Å². The summed E-state index contributed by atoms with van der Waals surface area (Å²) in [7, 11) is -3.71. The first kappa shape index (κ1) is 23.5. The number of esters is 1. The number of hydrogen-bond donors (Lipinski definition) is 1. The summed E-state index contributed by atoms with van der Waals surface area (Å²) in [4.78, 5) is 30.0. The monoisotopic (exact) mass is 501 g/mol. The SMILES string of the molecule is CCn1c(-c2ccccc2)c(C(=O)COC(=O)CN=C2NS(=O)(=O)c3ccccc32)c2ccccc21. The Hall–Kier alpha value is -4.24. The fourth-order valence-corrected chi connectivity index (χ4v) is 5.72. The van der Waals surface area contributed by atoms with Crippen LogP contribution in [0.4, 0.5) is 0 Å². The van der Waals surface area contributed by atoms with Crippen molar-refractivity contribution < 1.29 is 22.7 Å². The van der Waals surface area contributed by atoms with Crippen LogP contribution >= 0.6 is 0 Å². The summed E-state index contributed by atoms with van der Waals surface area (Å²) in [6, 6.07) is 23.6. The first-order valence-corrected chi connectivity index (χ1v) is 12.9. The number of para-hydroxylation sites is 1. The van der Waals surface area contributed by atoms with Crippen molar-refractivity contribution in [2.45, 2.75) is 18.4 Å². The van der Waals surface area contributed by atoms with Crippen molar-refractivity contribution in [2.24, 2.45) is 4.99 Å². The van der Waals surface area contributed by atoms with E-state index in [0.29, 0.717) is 17.7 Å². The molecule has 4 aromatic rings. The second kappa shape index (κ2) is 9.43. The van der Waals surface area contributed by atoms with Gasteiger partial charge in [-0.15, -0.1) is 0 Å². The molecule has 0 unspecified atom stereocenters. The highest BCUT2D eigenvalue weighted by molar-refractivity contribution is 7.90. The molecule has 182 valence electrons. The zero-order valence-corrected chi connectivity index (χ0v) is 20.3. The number of ether oxygens (including phenoxy) is 1. The summed E-state index contributed by atoms with van der Waals surface area (Å²) in [6.07, 6.45) is 0. The third-order valence-electron chi connectivity index (χ3n) is 6.01. The lowest BCUT2D eigenvalue weighted by molar-refractivity contribution is -0.140. The summed E-state index contributed by atoms with van der Waals surface area (Å²) < 4.78 is 34.1. The lowest BCUT2D eigenvalue weighted by Gasteiger charge is -2.10. The van der Waals surface area contributed by atoms with Crippen LogP contribution in [-0.4, -0.2) is 43.7 Å². The van der Waals surface area contributed by atoms with Crippen LogP contribution in [0, 0.1) is 0 Å². The molecule has 0 saturated carbocycles. The van der Waals surface area contributed by atoms with E-state index in [-0.39, 0.29) is 16.5 Å². The van der Waals surface area contributed by atoms with E-state index in [1.165, 1.54) is 6.07 Å². The van der Waals surface area contributed by atoms with Gasteiger partial charge < -0.3 is 9.30 Å². The maximum absolute atomic E-state index is 13.4. The maximum atomic E-state index is 13.4. The summed E-state index contributed by atoms with van der Waals surface area (Å²) >= 11 is 0. The Morgan fingerprint density at radius 3 is 2.42 bits per heavy atom. The number of aliphatic imine (C=N–C) groups is 1. The highest BCUT2D eigenvalue weighted by atomic mass is 32.2. The number of aryl methyl sites for hydroxylation is 1. The molecule has 0 atom stereocenters. The number of aromatic nitrogens is 1. The van der Waals surface area contributed by atoms with E-state index in [1.807, 2.05) is 61.5 Å². The van der Waals surface area contributed by atoms with Crippen molar-refractivity contribution in [1.82, 2.24) is 9.29 Å². The van der Waals surface area contributed by atoms with E-state index in [2.05, 4.69) is 14.3 Å². The van der Waals surface area contributed by atoms with Crippen LogP contribution in [0.3, 0.4) is 0 Å². The topological polar surface area (TPSA) is 107 Å². The molecular weight excluding hydrogens is 478 g/mol. The van der Waals surface area contributed by atoms with Gasteiger partial charge in [0.1, 0.15) is 12.4 Å². The van der Waals surface area contributed by atoms with Crippen LogP contribution in [0.2, 0.25) is 0 Å². The number of amidine groups is 1. The van der Waals surface area contributed by atoms with Crippen LogP contribution in [0.25, 0.3) is 22.2 Å². The zero-order valence-electron chi connectivity index (χ0n) is 19.5. The third kappa shape index (κ3) is 4.18. The molecule has 0 saturated heterocycles. The average molecular weight is 502 g/mol. The van der Waals surface area contributed by atoms with Crippen molar-refractivity contribution in [1.29, 1.82) is 0 Å². The molecule has 0 amide bonds. The second-order valence-electron chi connectivity index (χ2n) is 8.20. The molecule has 36 heavy (non-hydrogen) atoms. The van der Waals surface area contributed by atoms with Crippen LogP contribution < -0.4 is 4.72 Å². The minimum atomic E-state index is -3.71. The number of hydrogen-bond acceptors (Lipinski definition) is 6. The van der Waals surface area contributed by atoms with Gasteiger partial charge in [-0.05, 0) is 30.7 Å². The number of rotatable bonds is 7. The molecule has 1 N–H and O–H groups in total. The van der Waals surface area contributed by atoms with Crippen molar-refractivity contribution >= 4 is 38.5 Å². The number of ketones is 1. The molecule has 9 heteroatoms. The number of Topliss-reactive ketones (excluding diaryl/α,β-unsaturated/α-hetero) is 1. The molecule has 5 rings (SSSR count). The van der Waals surface area contributed by atoms with Crippen molar-refractivity contribution in [3.05, 3.63) is 90.0 Å². The molecule has 2 heterocycles.